The highest BCUT2D eigenvalue weighted by molar-refractivity contribution is 5.83. The van der Waals surface area contributed by atoms with Crippen LogP contribution in [0.5, 0.6) is 0 Å². The van der Waals surface area contributed by atoms with Crippen LogP contribution in [0.3, 0.4) is 0 Å². The van der Waals surface area contributed by atoms with Crippen molar-refractivity contribution in [3.05, 3.63) is 77.6 Å². The van der Waals surface area contributed by atoms with Gasteiger partial charge in [-0.3, -0.25) is 4.98 Å². The second-order valence-corrected chi connectivity index (χ2v) is 5.01. The van der Waals surface area contributed by atoms with Gasteiger partial charge in [0.05, 0.1) is 6.04 Å². The van der Waals surface area contributed by atoms with Crippen LogP contribution in [-0.2, 0) is 6.42 Å². The summed E-state index contributed by atoms with van der Waals surface area (Å²) < 4.78 is 0. The fourth-order valence-electron chi connectivity index (χ4n) is 2.62. The molecular formula is C18H18N2. The maximum atomic E-state index is 6.46. The van der Waals surface area contributed by atoms with Crippen molar-refractivity contribution in [3.8, 4) is 0 Å². The summed E-state index contributed by atoms with van der Waals surface area (Å²) in [5.41, 5.74) is 9.98. The van der Waals surface area contributed by atoms with Gasteiger partial charge in [0.2, 0.25) is 0 Å². The van der Waals surface area contributed by atoms with Gasteiger partial charge in [0.1, 0.15) is 0 Å². The Bertz CT molecular complexity index is 734. The van der Waals surface area contributed by atoms with Crippen molar-refractivity contribution in [2.75, 3.05) is 0 Å². The Morgan fingerprint density at radius 3 is 2.65 bits per heavy atom. The zero-order valence-electron chi connectivity index (χ0n) is 11.6. The Labute approximate surface area is 119 Å². The molecule has 0 aliphatic rings. The summed E-state index contributed by atoms with van der Waals surface area (Å²) in [5, 5.41) is 2.47. The summed E-state index contributed by atoms with van der Waals surface area (Å²) in [4.78, 5) is 4.19. The van der Waals surface area contributed by atoms with Gasteiger partial charge in [-0.05, 0) is 46.0 Å². The summed E-state index contributed by atoms with van der Waals surface area (Å²) in [6, 6.07) is 16.7. The van der Waals surface area contributed by atoms with Crippen LogP contribution in [0.4, 0.5) is 0 Å². The summed E-state index contributed by atoms with van der Waals surface area (Å²) in [6.07, 6.45) is 4.68. The number of benzene rings is 2. The van der Waals surface area contributed by atoms with Crippen LogP contribution in [0.25, 0.3) is 10.8 Å². The number of pyridine rings is 1. The van der Waals surface area contributed by atoms with Gasteiger partial charge < -0.3 is 5.73 Å². The molecule has 2 nitrogen and oxygen atoms in total. The van der Waals surface area contributed by atoms with Crippen LogP contribution in [0.15, 0.2) is 60.9 Å². The Morgan fingerprint density at radius 2 is 1.85 bits per heavy atom. The second kappa shape index (κ2) is 5.43. The van der Waals surface area contributed by atoms with E-state index < -0.39 is 0 Å². The lowest BCUT2D eigenvalue weighted by molar-refractivity contribution is 0.845. The van der Waals surface area contributed by atoms with Crippen LogP contribution in [0, 0.1) is 0 Å². The van der Waals surface area contributed by atoms with E-state index in [-0.39, 0.29) is 6.04 Å². The number of hydrogen-bond donors (Lipinski definition) is 1. The SMILES string of the molecule is CCc1cnccc1C(N)c1ccc2ccccc2c1. The molecule has 1 atom stereocenters. The van der Waals surface area contributed by atoms with E-state index in [4.69, 9.17) is 5.73 Å². The lowest BCUT2D eigenvalue weighted by Crippen LogP contribution is -2.14. The van der Waals surface area contributed by atoms with Gasteiger partial charge in [0, 0.05) is 12.4 Å². The monoisotopic (exact) mass is 262 g/mol. The third-order valence-electron chi connectivity index (χ3n) is 3.79. The number of nitrogens with zero attached hydrogens (tertiary/aromatic N) is 1. The minimum Gasteiger partial charge on any atom is -0.320 e. The first-order valence-corrected chi connectivity index (χ1v) is 6.96. The Kier molecular flexibility index (Phi) is 3.48. The molecule has 2 N–H and O–H groups in total. The minimum atomic E-state index is -0.0995. The topological polar surface area (TPSA) is 38.9 Å². The maximum Gasteiger partial charge on any atom is 0.0555 e. The number of rotatable bonds is 3. The normalized spacial score (nSPS) is 12.5. The molecule has 0 saturated carbocycles. The lowest BCUT2D eigenvalue weighted by Gasteiger charge is -2.16. The van der Waals surface area contributed by atoms with E-state index in [1.165, 1.54) is 16.3 Å². The van der Waals surface area contributed by atoms with Gasteiger partial charge in [-0.15, -0.1) is 0 Å². The highest BCUT2D eigenvalue weighted by Gasteiger charge is 2.12. The van der Waals surface area contributed by atoms with E-state index in [0.717, 1.165) is 17.5 Å². The van der Waals surface area contributed by atoms with E-state index in [0.29, 0.717) is 0 Å². The first kappa shape index (κ1) is 12.8. The molecule has 2 aromatic carbocycles. The largest absolute Gasteiger partial charge is 0.320 e. The van der Waals surface area contributed by atoms with Crippen molar-refractivity contribution in [2.45, 2.75) is 19.4 Å². The minimum absolute atomic E-state index is 0.0995. The molecule has 3 aromatic rings. The summed E-state index contributed by atoms with van der Waals surface area (Å²) in [6.45, 7) is 2.13. The van der Waals surface area contributed by atoms with Crippen LogP contribution in [0.1, 0.15) is 29.7 Å². The molecule has 0 amide bonds. The molecule has 20 heavy (non-hydrogen) atoms. The second-order valence-electron chi connectivity index (χ2n) is 5.01. The molecular weight excluding hydrogens is 244 g/mol. The fourth-order valence-corrected chi connectivity index (χ4v) is 2.62. The number of hydrogen-bond acceptors (Lipinski definition) is 2. The van der Waals surface area contributed by atoms with Gasteiger partial charge >= 0.3 is 0 Å². The van der Waals surface area contributed by atoms with E-state index in [1.807, 2.05) is 18.5 Å². The van der Waals surface area contributed by atoms with Gasteiger partial charge in [0.25, 0.3) is 0 Å². The molecule has 0 saturated heterocycles. The number of nitrogens with two attached hydrogens (primary N) is 1. The average molecular weight is 262 g/mol. The number of aromatic nitrogens is 1. The van der Waals surface area contributed by atoms with Crippen LogP contribution >= 0.6 is 0 Å². The van der Waals surface area contributed by atoms with E-state index in [9.17, 15) is 0 Å². The first-order valence-electron chi connectivity index (χ1n) is 6.96. The molecule has 0 spiro atoms. The van der Waals surface area contributed by atoms with Gasteiger partial charge in [-0.1, -0.05) is 43.3 Å². The van der Waals surface area contributed by atoms with Crippen molar-refractivity contribution in [2.24, 2.45) is 5.73 Å². The zero-order valence-corrected chi connectivity index (χ0v) is 11.6. The van der Waals surface area contributed by atoms with Gasteiger partial charge in [0.15, 0.2) is 0 Å². The highest BCUT2D eigenvalue weighted by atomic mass is 14.7. The standard InChI is InChI=1S/C18H18N2/c1-2-13-12-20-10-9-17(13)18(19)16-8-7-14-5-3-4-6-15(14)11-16/h3-12,18H,2,19H2,1H3. The zero-order chi connectivity index (χ0) is 13.9. The van der Waals surface area contributed by atoms with Gasteiger partial charge in [-0.2, -0.15) is 0 Å². The molecule has 3 rings (SSSR count). The average Bonchev–Trinajstić information content (AvgIpc) is 2.53. The highest BCUT2D eigenvalue weighted by Crippen LogP contribution is 2.25. The Hall–Kier alpha value is -2.19. The Balaban J connectivity index is 2.05. The Morgan fingerprint density at radius 1 is 1.05 bits per heavy atom. The number of aryl methyl sites for hydroxylation is 1. The third kappa shape index (κ3) is 2.30. The maximum absolute atomic E-state index is 6.46. The molecule has 0 aliphatic heterocycles. The summed E-state index contributed by atoms with van der Waals surface area (Å²) in [5.74, 6) is 0. The van der Waals surface area contributed by atoms with Crippen molar-refractivity contribution in [1.82, 2.24) is 4.98 Å². The van der Waals surface area contributed by atoms with Crippen LogP contribution < -0.4 is 5.73 Å². The van der Waals surface area contributed by atoms with E-state index in [2.05, 4.69) is 54.4 Å². The molecule has 100 valence electrons. The van der Waals surface area contributed by atoms with Crippen molar-refractivity contribution in [3.63, 3.8) is 0 Å². The van der Waals surface area contributed by atoms with Gasteiger partial charge in [-0.25, -0.2) is 0 Å². The van der Waals surface area contributed by atoms with Crippen molar-refractivity contribution < 1.29 is 0 Å². The smallest absolute Gasteiger partial charge is 0.0555 e. The molecule has 0 fully saturated rings. The molecule has 1 heterocycles. The summed E-state index contributed by atoms with van der Waals surface area (Å²) in [7, 11) is 0. The molecule has 0 aliphatic carbocycles. The quantitative estimate of drug-likeness (QED) is 0.778. The molecule has 1 unspecified atom stereocenters. The molecule has 1 aromatic heterocycles. The molecule has 2 heteroatoms. The number of fused-ring (bicyclic) bond motifs is 1. The predicted molar refractivity (Wildman–Crippen MR) is 83.6 cm³/mol. The van der Waals surface area contributed by atoms with Crippen molar-refractivity contribution >= 4 is 10.8 Å². The van der Waals surface area contributed by atoms with E-state index >= 15 is 0 Å². The van der Waals surface area contributed by atoms with Crippen LogP contribution in [-0.4, -0.2) is 4.98 Å². The van der Waals surface area contributed by atoms with Crippen LogP contribution in [0.2, 0.25) is 0 Å². The van der Waals surface area contributed by atoms with Crippen molar-refractivity contribution in [1.29, 1.82) is 0 Å². The predicted octanol–water partition coefficient (Wildman–Crippen LogP) is 3.85. The molecule has 0 radical (unpaired) electrons. The molecule has 0 bridgehead atoms. The third-order valence-corrected chi connectivity index (χ3v) is 3.79. The lowest BCUT2D eigenvalue weighted by atomic mass is 9.94. The summed E-state index contributed by atoms with van der Waals surface area (Å²) >= 11 is 0. The van der Waals surface area contributed by atoms with E-state index in [1.54, 1.807) is 0 Å². The first-order chi connectivity index (χ1) is 9.79. The fraction of sp³-hybridized carbons (Fsp3) is 0.167.